The number of amides is 2. The quantitative estimate of drug-likeness (QED) is 0.904. The average molecular weight is 304 g/mol. The van der Waals surface area contributed by atoms with Crippen LogP contribution in [0, 0.1) is 11.8 Å². The molecule has 5 heteroatoms. The highest BCUT2D eigenvalue weighted by Crippen LogP contribution is 2.47. The molecule has 1 saturated carbocycles. The summed E-state index contributed by atoms with van der Waals surface area (Å²) in [4.78, 5) is 25.2. The lowest BCUT2D eigenvalue weighted by atomic mass is 9.96. The molecule has 5 nitrogen and oxygen atoms in total. The van der Waals surface area contributed by atoms with E-state index in [2.05, 4.69) is 6.92 Å². The van der Waals surface area contributed by atoms with Crippen molar-refractivity contribution in [2.45, 2.75) is 44.9 Å². The van der Waals surface area contributed by atoms with Crippen LogP contribution in [0.3, 0.4) is 0 Å². The summed E-state index contributed by atoms with van der Waals surface area (Å²) in [5.74, 6) is 3.10. The van der Waals surface area contributed by atoms with Crippen LogP contribution in [0.2, 0.25) is 0 Å². The number of nitrogens with two attached hydrogens (primary N) is 1. The molecular formula is C17H24N2O3. The minimum atomic E-state index is -0.246. The van der Waals surface area contributed by atoms with Crippen LogP contribution in [0.4, 0.5) is 0 Å². The molecule has 0 bridgehead atoms. The Kier molecular flexibility index (Phi) is 4.23. The van der Waals surface area contributed by atoms with Gasteiger partial charge < -0.3 is 15.1 Å². The number of likely N-dealkylation sites (tertiary alicyclic amines) is 1. The van der Waals surface area contributed by atoms with Gasteiger partial charge in [0.2, 0.25) is 11.8 Å². The summed E-state index contributed by atoms with van der Waals surface area (Å²) >= 11 is 0. The van der Waals surface area contributed by atoms with Gasteiger partial charge in [-0.05, 0) is 37.3 Å². The van der Waals surface area contributed by atoms with Crippen LogP contribution in [-0.4, -0.2) is 29.8 Å². The fraction of sp³-hybridized carbons (Fsp3) is 0.647. The standard InChI is InChI=1S/C17H24N2O3/c1-11-10-14(11)15-4-2-13(22-15)3-5-16(20)19-8-6-12(7-9-19)17(18)21/h2,4,11-12,14H,3,5-10H2,1H3,(H2,18,21)/t11-,14-/m1/s1. The van der Waals surface area contributed by atoms with Gasteiger partial charge >= 0.3 is 0 Å². The third-order valence-corrected chi connectivity index (χ3v) is 4.99. The molecule has 2 fully saturated rings. The van der Waals surface area contributed by atoms with Crippen molar-refractivity contribution in [3.63, 3.8) is 0 Å². The second-order valence-electron chi connectivity index (χ2n) is 6.68. The lowest BCUT2D eigenvalue weighted by Crippen LogP contribution is -2.41. The summed E-state index contributed by atoms with van der Waals surface area (Å²) in [6, 6.07) is 4.04. The Labute approximate surface area is 130 Å². The minimum Gasteiger partial charge on any atom is -0.466 e. The molecule has 1 aliphatic carbocycles. The van der Waals surface area contributed by atoms with Crippen LogP contribution in [-0.2, 0) is 16.0 Å². The van der Waals surface area contributed by atoms with Crippen molar-refractivity contribution >= 4 is 11.8 Å². The fourth-order valence-corrected chi connectivity index (χ4v) is 3.25. The van der Waals surface area contributed by atoms with Gasteiger partial charge in [0, 0.05) is 37.8 Å². The Morgan fingerprint density at radius 1 is 1.32 bits per heavy atom. The largest absolute Gasteiger partial charge is 0.466 e. The number of hydrogen-bond acceptors (Lipinski definition) is 3. The lowest BCUT2D eigenvalue weighted by molar-refractivity contribution is -0.134. The van der Waals surface area contributed by atoms with Crippen molar-refractivity contribution < 1.29 is 14.0 Å². The number of primary amides is 1. The van der Waals surface area contributed by atoms with E-state index in [0.29, 0.717) is 44.7 Å². The van der Waals surface area contributed by atoms with E-state index in [1.165, 1.54) is 6.42 Å². The van der Waals surface area contributed by atoms with Crippen LogP contribution in [0.5, 0.6) is 0 Å². The molecular weight excluding hydrogens is 280 g/mol. The molecule has 0 spiro atoms. The van der Waals surface area contributed by atoms with E-state index in [1.807, 2.05) is 17.0 Å². The Hall–Kier alpha value is -1.78. The highest BCUT2D eigenvalue weighted by molar-refractivity contribution is 5.78. The third kappa shape index (κ3) is 3.34. The molecule has 2 atom stereocenters. The molecule has 0 unspecified atom stereocenters. The molecule has 22 heavy (non-hydrogen) atoms. The molecule has 3 rings (SSSR count). The van der Waals surface area contributed by atoms with Crippen molar-refractivity contribution in [1.82, 2.24) is 4.90 Å². The molecule has 2 aliphatic rings. The maximum Gasteiger partial charge on any atom is 0.223 e. The summed E-state index contributed by atoms with van der Waals surface area (Å²) in [6.45, 7) is 3.50. The number of hydrogen-bond donors (Lipinski definition) is 1. The van der Waals surface area contributed by atoms with Gasteiger partial charge in [0.25, 0.3) is 0 Å². The SMILES string of the molecule is C[C@@H]1C[C@H]1c1ccc(CCC(=O)N2CCC(C(N)=O)CC2)o1. The predicted molar refractivity (Wildman–Crippen MR) is 82.0 cm³/mol. The molecule has 2 heterocycles. The Morgan fingerprint density at radius 2 is 2.00 bits per heavy atom. The van der Waals surface area contributed by atoms with Crippen molar-refractivity contribution in [3.8, 4) is 0 Å². The second kappa shape index (κ2) is 6.15. The van der Waals surface area contributed by atoms with E-state index >= 15 is 0 Å². The molecule has 2 amide bonds. The van der Waals surface area contributed by atoms with Crippen LogP contribution in [0.1, 0.15) is 50.0 Å². The van der Waals surface area contributed by atoms with Crippen molar-refractivity contribution in [3.05, 3.63) is 23.7 Å². The van der Waals surface area contributed by atoms with Crippen LogP contribution in [0.15, 0.2) is 16.5 Å². The first-order chi connectivity index (χ1) is 10.5. The summed E-state index contributed by atoms with van der Waals surface area (Å²) in [7, 11) is 0. The number of nitrogens with zero attached hydrogens (tertiary/aromatic N) is 1. The molecule has 0 radical (unpaired) electrons. The van der Waals surface area contributed by atoms with E-state index in [4.69, 9.17) is 10.2 Å². The Balaban J connectivity index is 1.44. The normalized spacial score (nSPS) is 25.2. The fourth-order valence-electron chi connectivity index (χ4n) is 3.25. The monoisotopic (exact) mass is 304 g/mol. The van der Waals surface area contributed by atoms with Gasteiger partial charge in [0.05, 0.1) is 0 Å². The maximum atomic E-state index is 12.2. The Bertz CT molecular complexity index is 558. The summed E-state index contributed by atoms with van der Waals surface area (Å²) in [5.41, 5.74) is 5.31. The van der Waals surface area contributed by atoms with Gasteiger partial charge in [-0.2, -0.15) is 0 Å². The topological polar surface area (TPSA) is 76.5 Å². The minimum absolute atomic E-state index is 0.0720. The maximum absolute atomic E-state index is 12.2. The molecule has 1 aromatic rings. The number of aryl methyl sites for hydroxylation is 1. The highest BCUT2D eigenvalue weighted by Gasteiger charge is 2.36. The van der Waals surface area contributed by atoms with Crippen LogP contribution >= 0.6 is 0 Å². The van der Waals surface area contributed by atoms with Gasteiger partial charge in [0.1, 0.15) is 11.5 Å². The lowest BCUT2D eigenvalue weighted by Gasteiger charge is -2.30. The van der Waals surface area contributed by atoms with Crippen LogP contribution < -0.4 is 5.73 Å². The second-order valence-corrected chi connectivity index (χ2v) is 6.68. The molecule has 1 aliphatic heterocycles. The van der Waals surface area contributed by atoms with E-state index in [1.54, 1.807) is 0 Å². The number of rotatable bonds is 5. The number of piperidine rings is 1. The van der Waals surface area contributed by atoms with Gasteiger partial charge in [-0.25, -0.2) is 0 Å². The zero-order chi connectivity index (χ0) is 15.7. The zero-order valence-corrected chi connectivity index (χ0v) is 13.1. The van der Waals surface area contributed by atoms with E-state index in [0.717, 1.165) is 17.4 Å². The highest BCUT2D eigenvalue weighted by atomic mass is 16.3. The molecule has 0 aromatic carbocycles. The first-order valence-electron chi connectivity index (χ1n) is 8.20. The van der Waals surface area contributed by atoms with Gasteiger partial charge in [0.15, 0.2) is 0 Å². The molecule has 1 saturated heterocycles. The third-order valence-electron chi connectivity index (χ3n) is 4.99. The Morgan fingerprint density at radius 3 is 2.59 bits per heavy atom. The molecule has 2 N–H and O–H groups in total. The summed E-state index contributed by atoms with van der Waals surface area (Å²) in [6.07, 6.45) is 3.70. The predicted octanol–water partition coefficient (Wildman–Crippen LogP) is 2.06. The van der Waals surface area contributed by atoms with E-state index < -0.39 is 0 Å². The first-order valence-corrected chi connectivity index (χ1v) is 8.20. The number of carbonyl (C=O) groups is 2. The zero-order valence-electron chi connectivity index (χ0n) is 13.1. The van der Waals surface area contributed by atoms with Crippen molar-refractivity contribution in [2.75, 3.05) is 13.1 Å². The van der Waals surface area contributed by atoms with Crippen molar-refractivity contribution in [2.24, 2.45) is 17.6 Å². The summed E-state index contributed by atoms with van der Waals surface area (Å²) < 4.78 is 5.83. The van der Waals surface area contributed by atoms with Crippen LogP contribution in [0.25, 0.3) is 0 Å². The summed E-state index contributed by atoms with van der Waals surface area (Å²) in [5, 5.41) is 0. The van der Waals surface area contributed by atoms with E-state index in [9.17, 15) is 9.59 Å². The van der Waals surface area contributed by atoms with Gasteiger partial charge in [-0.3, -0.25) is 9.59 Å². The van der Waals surface area contributed by atoms with Gasteiger partial charge in [-0.1, -0.05) is 6.92 Å². The average Bonchev–Trinajstić information content (AvgIpc) is 3.06. The first kappa shape index (κ1) is 15.1. The van der Waals surface area contributed by atoms with Gasteiger partial charge in [-0.15, -0.1) is 0 Å². The number of carbonyl (C=O) groups excluding carboxylic acids is 2. The van der Waals surface area contributed by atoms with Crippen molar-refractivity contribution in [1.29, 1.82) is 0 Å². The molecule has 1 aromatic heterocycles. The smallest absolute Gasteiger partial charge is 0.223 e. The molecule has 120 valence electrons. The van der Waals surface area contributed by atoms with E-state index in [-0.39, 0.29) is 17.7 Å². The number of furan rings is 1.